The van der Waals surface area contributed by atoms with Crippen LogP contribution in [0.25, 0.3) is 0 Å². The molecule has 1 nitrogen and oxygen atoms in total. The van der Waals surface area contributed by atoms with Gasteiger partial charge < -0.3 is 0 Å². The second-order valence-electron chi connectivity index (χ2n) is 3.09. The van der Waals surface area contributed by atoms with E-state index in [4.69, 9.17) is 0 Å². The number of rotatable bonds is 0. The van der Waals surface area contributed by atoms with Crippen LogP contribution in [0.2, 0.25) is 0 Å². The van der Waals surface area contributed by atoms with E-state index >= 15 is 0 Å². The van der Waals surface area contributed by atoms with Crippen LogP contribution in [0, 0.1) is 0 Å². The Morgan fingerprint density at radius 1 is 1.27 bits per heavy atom. The maximum Gasteiger partial charge on any atom is 0.0978 e. The second kappa shape index (κ2) is 4.50. The van der Waals surface area contributed by atoms with E-state index in [0.29, 0.717) is 0 Å². The maximum atomic E-state index is 4.21. The summed E-state index contributed by atoms with van der Waals surface area (Å²) in [6, 6.07) is 0. The lowest BCUT2D eigenvalue weighted by Crippen LogP contribution is -2.09. The molecule has 1 rings (SSSR count). The largest absolute Gasteiger partial charge is 0.249 e. The summed E-state index contributed by atoms with van der Waals surface area (Å²) in [6.07, 6.45) is 1.85. The molecule has 0 aliphatic carbocycles. The van der Waals surface area contributed by atoms with E-state index in [0.717, 1.165) is 0 Å². The molecule has 0 radical (unpaired) electrons. The third-order valence-corrected chi connectivity index (χ3v) is 2.27. The maximum absolute atomic E-state index is 4.21. The van der Waals surface area contributed by atoms with Gasteiger partial charge in [-0.1, -0.05) is 35.6 Å². The van der Waals surface area contributed by atoms with Gasteiger partial charge in [-0.15, -0.1) is 11.3 Å². The van der Waals surface area contributed by atoms with Gasteiger partial charge in [-0.3, -0.25) is 0 Å². The van der Waals surface area contributed by atoms with Crippen molar-refractivity contribution >= 4 is 11.3 Å². The summed E-state index contributed by atoms with van der Waals surface area (Å²) in [5, 5.41) is 3.23. The highest BCUT2D eigenvalue weighted by atomic mass is 32.1. The molecule has 1 heterocycles. The molecule has 0 atom stereocenters. The Balaban J connectivity index is 0. The fraction of sp³-hybridized carbons (Fsp3) is 0.667. The molecule has 1 aromatic rings. The molecule has 0 spiro atoms. The fourth-order valence-electron chi connectivity index (χ4n) is 0.594. The summed E-state index contributed by atoms with van der Waals surface area (Å²) in [7, 11) is 0. The normalized spacial score (nSPS) is 9.73. The second-order valence-corrected chi connectivity index (χ2v) is 3.98. The van der Waals surface area contributed by atoms with Crippen molar-refractivity contribution in [1.29, 1.82) is 0 Å². The first-order valence-electron chi connectivity index (χ1n) is 3.00. The van der Waals surface area contributed by atoms with Crippen molar-refractivity contribution in [2.45, 2.75) is 41.0 Å². The van der Waals surface area contributed by atoms with Gasteiger partial charge in [0, 0.05) is 17.0 Å². The van der Waals surface area contributed by atoms with E-state index in [1.54, 1.807) is 11.3 Å². The zero-order chi connectivity index (χ0) is 6.91. The highest BCUT2D eigenvalue weighted by molar-refractivity contribution is 7.09. The number of thiazole rings is 1. The molecule has 0 saturated carbocycles. The van der Waals surface area contributed by atoms with E-state index < -0.39 is 0 Å². The fourth-order valence-corrected chi connectivity index (χ4v) is 1.32. The molecule has 0 bridgehead atoms. The molecule has 0 amide bonds. The van der Waals surface area contributed by atoms with Crippen molar-refractivity contribution in [2.24, 2.45) is 0 Å². The lowest BCUT2D eigenvalue weighted by atomic mass is 9.98. The first-order valence-corrected chi connectivity index (χ1v) is 3.88. The summed E-state index contributed by atoms with van der Waals surface area (Å²) >= 11 is 1.72. The predicted octanol–water partition coefficient (Wildman–Crippen LogP) is 3.71. The van der Waals surface area contributed by atoms with E-state index in [1.165, 1.54) is 5.01 Å². The topological polar surface area (TPSA) is 12.9 Å². The van der Waals surface area contributed by atoms with Crippen LogP contribution in [0.4, 0.5) is 0 Å². The van der Waals surface area contributed by atoms with Gasteiger partial charge in [-0.2, -0.15) is 0 Å². The highest BCUT2D eigenvalue weighted by Gasteiger charge is 2.15. The minimum atomic E-state index is 0. The first-order chi connectivity index (χ1) is 4.11. The minimum Gasteiger partial charge on any atom is -0.249 e. The molecular formula is C9H19NS. The molecule has 2 heteroatoms. The van der Waals surface area contributed by atoms with Crippen molar-refractivity contribution in [3.05, 3.63) is 16.6 Å². The molecular weight excluding hydrogens is 154 g/mol. The van der Waals surface area contributed by atoms with E-state index in [2.05, 4.69) is 25.8 Å². The van der Waals surface area contributed by atoms with Gasteiger partial charge in [0.1, 0.15) is 0 Å². The Labute approximate surface area is 74.5 Å². The molecule has 0 fully saturated rings. The minimum absolute atomic E-state index is 0. The molecule has 0 aromatic carbocycles. The van der Waals surface area contributed by atoms with Crippen molar-refractivity contribution in [3.8, 4) is 0 Å². The van der Waals surface area contributed by atoms with Gasteiger partial charge in [0.2, 0.25) is 0 Å². The lowest BCUT2D eigenvalue weighted by Gasteiger charge is -2.12. The summed E-state index contributed by atoms with van der Waals surface area (Å²) in [4.78, 5) is 4.21. The summed E-state index contributed by atoms with van der Waals surface area (Å²) in [6.45, 7) is 6.52. The Morgan fingerprint density at radius 2 is 1.82 bits per heavy atom. The standard InChI is InChI=1S/C7H11NS.2CH4/c1-7(2,3)6-8-4-5-9-6;;/h4-5H,1-3H3;2*1H4. The average Bonchev–Trinajstić information content (AvgIpc) is 2.08. The highest BCUT2D eigenvalue weighted by Crippen LogP contribution is 2.23. The average molecular weight is 173 g/mol. The van der Waals surface area contributed by atoms with Crippen molar-refractivity contribution in [1.82, 2.24) is 4.98 Å². The van der Waals surface area contributed by atoms with Crippen molar-refractivity contribution in [2.75, 3.05) is 0 Å². The van der Waals surface area contributed by atoms with Crippen LogP contribution in [-0.4, -0.2) is 4.98 Å². The quantitative estimate of drug-likeness (QED) is 0.583. The van der Waals surface area contributed by atoms with Crippen molar-refractivity contribution in [3.63, 3.8) is 0 Å². The van der Waals surface area contributed by atoms with E-state index in [1.807, 2.05) is 11.6 Å². The number of nitrogens with zero attached hydrogens (tertiary/aromatic N) is 1. The molecule has 0 aliphatic rings. The van der Waals surface area contributed by atoms with Crippen LogP contribution in [0.1, 0.15) is 40.6 Å². The van der Waals surface area contributed by atoms with Crippen LogP contribution in [0.5, 0.6) is 0 Å². The Hall–Kier alpha value is -0.370. The van der Waals surface area contributed by atoms with Gasteiger partial charge in [-0.25, -0.2) is 4.98 Å². The molecule has 11 heavy (non-hydrogen) atoms. The molecule has 66 valence electrons. The predicted molar refractivity (Wildman–Crippen MR) is 54.3 cm³/mol. The lowest BCUT2D eigenvalue weighted by molar-refractivity contribution is 0.585. The number of hydrogen-bond acceptors (Lipinski definition) is 2. The zero-order valence-corrected chi connectivity index (χ0v) is 6.83. The number of aromatic nitrogens is 1. The third kappa shape index (κ3) is 3.51. The van der Waals surface area contributed by atoms with Crippen molar-refractivity contribution < 1.29 is 0 Å². The SMILES string of the molecule is C.C.CC(C)(C)c1nccs1. The summed E-state index contributed by atoms with van der Waals surface area (Å²) in [5.41, 5.74) is 0.230. The third-order valence-electron chi connectivity index (χ3n) is 1.07. The Morgan fingerprint density at radius 3 is 2.00 bits per heavy atom. The van der Waals surface area contributed by atoms with Crippen LogP contribution in [0.15, 0.2) is 11.6 Å². The van der Waals surface area contributed by atoms with Crippen LogP contribution in [-0.2, 0) is 5.41 Å². The van der Waals surface area contributed by atoms with E-state index in [9.17, 15) is 0 Å². The molecule has 0 aliphatic heterocycles. The van der Waals surface area contributed by atoms with Gasteiger partial charge in [0.25, 0.3) is 0 Å². The Bertz CT molecular complexity index is 172. The van der Waals surface area contributed by atoms with Crippen LogP contribution in [0.3, 0.4) is 0 Å². The van der Waals surface area contributed by atoms with Gasteiger partial charge in [0.05, 0.1) is 5.01 Å². The smallest absolute Gasteiger partial charge is 0.0978 e. The Kier molecular flexibility index (Phi) is 5.41. The van der Waals surface area contributed by atoms with E-state index in [-0.39, 0.29) is 20.3 Å². The molecule has 0 saturated heterocycles. The molecule has 0 unspecified atom stereocenters. The van der Waals surface area contributed by atoms with Gasteiger partial charge in [0.15, 0.2) is 0 Å². The first kappa shape index (κ1) is 13.2. The summed E-state index contributed by atoms with van der Waals surface area (Å²) < 4.78 is 0. The molecule has 1 aromatic heterocycles. The van der Waals surface area contributed by atoms with Gasteiger partial charge in [-0.05, 0) is 0 Å². The van der Waals surface area contributed by atoms with Crippen LogP contribution >= 0.6 is 11.3 Å². The van der Waals surface area contributed by atoms with Crippen LogP contribution < -0.4 is 0 Å². The zero-order valence-electron chi connectivity index (χ0n) is 6.01. The summed E-state index contributed by atoms with van der Waals surface area (Å²) in [5.74, 6) is 0. The molecule has 0 N–H and O–H groups in total. The number of hydrogen-bond donors (Lipinski definition) is 0. The van der Waals surface area contributed by atoms with Gasteiger partial charge >= 0.3 is 0 Å². The monoisotopic (exact) mass is 173 g/mol.